The third-order valence-electron chi connectivity index (χ3n) is 2.58. The monoisotopic (exact) mass is 238 g/mol. The Kier molecular flexibility index (Phi) is 4.71. The number of ketones is 1. The Morgan fingerprint density at radius 1 is 1.44 bits per heavy atom. The number of carbonyl (C=O) groups excluding carboxylic acids is 1. The Labute approximate surface area is 101 Å². The third kappa shape index (κ3) is 3.19. The summed E-state index contributed by atoms with van der Waals surface area (Å²) in [7, 11) is 0. The molecule has 0 spiro atoms. The van der Waals surface area contributed by atoms with Gasteiger partial charge in [0.05, 0.1) is 5.88 Å². The maximum Gasteiger partial charge on any atom is 0.182 e. The van der Waals surface area contributed by atoms with Gasteiger partial charge in [-0.3, -0.25) is 4.79 Å². The zero-order chi connectivity index (χ0) is 12.0. The molecule has 0 amide bonds. The Morgan fingerprint density at radius 3 is 2.56 bits per heavy atom. The highest BCUT2D eigenvalue weighted by Crippen LogP contribution is 2.17. The Morgan fingerprint density at radius 2 is 2.06 bits per heavy atom. The smallest absolute Gasteiger partial charge is 0.182 e. The van der Waals surface area contributed by atoms with E-state index < -0.39 is 11.4 Å². The van der Waals surface area contributed by atoms with Crippen LogP contribution in [0.4, 0.5) is 0 Å². The molecule has 0 saturated heterocycles. The van der Waals surface area contributed by atoms with Crippen LogP contribution in [0, 0.1) is 0 Å². The average Bonchev–Trinajstić information content (AvgIpc) is 2.36. The Bertz CT molecular complexity index is 361. The van der Waals surface area contributed by atoms with E-state index in [9.17, 15) is 9.90 Å². The lowest BCUT2D eigenvalue weighted by Crippen LogP contribution is -2.37. The average molecular weight is 239 g/mol. The second-order valence-electron chi connectivity index (χ2n) is 3.67. The standard InChI is InChI=1S/C13H15ClO2/c1-2-13(16,12(15)10-14)9-8-11-6-4-3-5-7-11/h2-7,16H,1,8-10H2. The van der Waals surface area contributed by atoms with E-state index in [2.05, 4.69) is 6.58 Å². The molecule has 86 valence electrons. The fraction of sp³-hybridized carbons (Fsp3) is 0.308. The molecule has 0 radical (unpaired) electrons. The van der Waals surface area contributed by atoms with Crippen LogP contribution in [-0.4, -0.2) is 22.4 Å². The van der Waals surface area contributed by atoms with Crippen molar-refractivity contribution in [1.29, 1.82) is 0 Å². The minimum absolute atomic E-state index is 0.197. The molecule has 0 heterocycles. The number of Topliss-reactive ketones (excluding diaryl/α,β-unsaturated/α-hetero) is 1. The van der Waals surface area contributed by atoms with Crippen LogP contribution >= 0.6 is 11.6 Å². The van der Waals surface area contributed by atoms with E-state index in [0.29, 0.717) is 12.8 Å². The van der Waals surface area contributed by atoms with E-state index in [1.807, 2.05) is 30.3 Å². The first-order valence-electron chi connectivity index (χ1n) is 5.11. The first kappa shape index (κ1) is 12.9. The van der Waals surface area contributed by atoms with E-state index >= 15 is 0 Å². The zero-order valence-corrected chi connectivity index (χ0v) is 9.78. The third-order valence-corrected chi connectivity index (χ3v) is 2.82. The summed E-state index contributed by atoms with van der Waals surface area (Å²) in [4.78, 5) is 11.4. The van der Waals surface area contributed by atoms with Gasteiger partial charge in [-0.15, -0.1) is 11.6 Å². The minimum atomic E-state index is -1.50. The molecule has 0 aliphatic carbocycles. The van der Waals surface area contributed by atoms with Crippen LogP contribution in [0.2, 0.25) is 0 Å². The van der Waals surface area contributed by atoms with Crippen molar-refractivity contribution in [2.24, 2.45) is 0 Å². The van der Waals surface area contributed by atoms with Crippen LogP contribution in [0.3, 0.4) is 0 Å². The molecular weight excluding hydrogens is 224 g/mol. The van der Waals surface area contributed by atoms with Crippen LogP contribution < -0.4 is 0 Å². The lowest BCUT2D eigenvalue weighted by molar-refractivity contribution is -0.130. The summed E-state index contributed by atoms with van der Waals surface area (Å²) in [5.74, 6) is -0.600. The van der Waals surface area contributed by atoms with Crippen molar-refractivity contribution in [3.05, 3.63) is 48.6 Å². The van der Waals surface area contributed by atoms with Crippen molar-refractivity contribution in [3.8, 4) is 0 Å². The molecule has 0 bridgehead atoms. The number of halogens is 1. The number of carbonyl (C=O) groups is 1. The summed E-state index contributed by atoms with van der Waals surface area (Å²) in [6, 6.07) is 9.67. The van der Waals surface area contributed by atoms with Gasteiger partial charge >= 0.3 is 0 Å². The molecule has 16 heavy (non-hydrogen) atoms. The fourth-order valence-corrected chi connectivity index (χ4v) is 1.68. The van der Waals surface area contributed by atoms with Gasteiger partial charge in [0.25, 0.3) is 0 Å². The van der Waals surface area contributed by atoms with Crippen LogP contribution in [0.1, 0.15) is 12.0 Å². The summed E-state index contributed by atoms with van der Waals surface area (Å²) < 4.78 is 0. The van der Waals surface area contributed by atoms with Crippen molar-refractivity contribution >= 4 is 17.4 Å². The second kappa shape index (κ2) is 5.83. The summed E-state index contributed by atoms with van der Waals surface area (Å²) in [6.07, 6.45) is 2.19. The lowest BCUT2D eigenvalue weighted by atomic mass is 9.91. The summed E-state index contributed by atoms with van der Waals surface area (Å²) in [5, 5.41) is 10.00. The van der Waals surface area contributed by atoms with E-state index in [4.69, 9.17) is 11.6 Å². The van der Waals surface area contributed by atoms with Gasteiger partial charge in [0.2, 0.25) is 0 Å². The highest BCUT2D eigenvalue weighted by atomic mass is 35.5. The van der Waals surface area contributed by atoms with E-state index in [1.54, 1.807) is 0 Å². The Hall–Kier alpha value is -1.12. The minimum Gasteiger partial charge on any atom is -0.378 e. The van der Waals surface area contributed by atoms with Gasteiger partial charge in [-0.25, -0.2) is 0 Å². The molecule has 1 atom stereocenters. The second-order valence-corrected chi connectivity index (χ2v) is 3.94. The van der Waals surface area contributed by atoms with Crippen molar-refractivity contribution in [2.75, 3.05) is 5.88 Å². The van der Waals surface area contributed by atoms with Crippen molar-refractivity contribution in [1.82, 2.24) is 0 Å². The first-order chi connectivity index (χ1) is 7.62. The number of aryl methyl sites for hydroxylation is 1. The quantitative estimate of drug-likeness (QED) is 0.610. The largest absolute Gasteiger partial charge is 0.378 e. The first-order valence-corrected chi connectivity index (χ1v) is 5.65. The number of hydrogen-bond donors (Lipinski definition) is 1. The lowest BCUT2D eigenvalue weighted by Gasteiger charge is -2.21. The van der Waals surface area contributed by atoms with Gasteiger partial charge < -0.3 is 5.11 Å². The van der Waals surface area contributed by atoms with Crippen molar-refractivity contribution < 1.29 is 9.90 Å². The normalized spacial score (nSPS) is 14.1. The number of hydrogen-bond acceptors (Lipinski definition) is 2. The number of benzene rings is 1. The molecule has 1 aromatic carbocycles. The molecule has 0 aliphatic heterocycles. The number of alkyl halides is 1. The highest BCUT2D eigenvalue weighted by Gasteiger charge is 2.30. The van der Waals surface area contributed by atoms with Crippen molar-refractivity contribution in [2.45, 2.75) is 18.4 Å². The molecule has 0 aromatic heterocycles. The molecular formula is C13H15ClO2. The maximum absolute atomic E-state index is 11.4. The van der Waals surface area contributed by atoms with Gasteiger partial charge in [0.15, 0.2) is 5.78 Å². The van der Waals surface area contributed by atoms with Gasteiger partial charge in [-0.1, -0.05) is 43.0 Å². The Balaban J connectivity index is 2.65. The molecule has 1 aromatic rings. The van der Waals surface area contributed by atoms with Gasteiger partial charge in [-0.2, -0.15) is 0 Å². The fourth-order valence-electron chi connectivity index (χ4n) is 1.45. The van der Waals surface area contributed by atoms with Crippen LogP contribution in [0.25, 0.3) is 0 Å². The molecule has 0 saturated carbocycles. The summed E-state index contributed by atoms with van der Waals surface area (Å²) in [6.45, 7) is 3.48. The van der Waals surface area contributed by atoms with Crippen molar-refractivity contribution in [3.63, 3.8) is 0 Å². The van der Waals surface area contributed by atoms with Crippen LogP contribution in [-0.2, 0) is 11.2 Å². The number of rotatable bonds is 6. The van der Waals surface area contributed by atoms with E-state index in [0.717, 1.165) is 5.56 Å². The van der Waals surface area contributed by atoms with Gasteiger partial charge in [-0.05, 0) is 18.4 Å². The van der Waals surface area contributed by atoms with E-state index in [1.165, 1.54) is 6.08 Å². The highest BCUT2D eigenvalue weighted by molar-refractivity contribution is 6.29. The van der Waals surface area contributed by atoms with Crippen LogP contribution in [0.15, 0.2) is 43.0 Å². The molecule has 1 unspecified atom stereocenters. The molecule has 3 heteroatoms. The molecule has 1 rings (SSSR count). The topological polar surface area (TPSA) is 37.3 Å². The predicted octanol–water partition coefficient (Wildman–Crippen LogP) is 2.34. The van der Waals surface area contributed by atoms with Crippen LogP contribution in [0.5, 0.6) is 0 Å². The summed E-state index contributed by atoms with van der Waals surface area (Å²) in [5.41, 5.74) is -0.428. The van der Waals surface area contributed by atoms with Gasteiger partial charge in [0.1, 0.15) is 5.60 Å². The van der Waals surface area contributed by atoms with E-state index in [-0.39, 0.29) is 5.88 Å². The SMILES string of the molecule is C=CC(O)(CCc1ccccc1)C(=O)CCl. The van der Waals surface area contributed by atoms with Gasteiger partial charge in [0, 0.05) is 0 Å². The zero-order valence-electron chi connectivity index (χ0n) is 9.03. The molecule has 1 N–H and O–H groups in total. The maximum atomic E-state index is 11.4. The summed E-state index contributed by atoms with van der Waals surface area (Å²) >= 11 is 5.44. The molecule has 2 nitrogen and oxygen atoms in total. The predicted molar refractivity (Wildman–Crippen MR) is 65.6 cm³/mol. The number of aliphatic hydroxyl groups is 1. The molecule has 0 aliphatic rings. The molecule has 0 fully saturated rings.